The predicted molar refractivity (Wildman–Crippen MR) is 79.1 cm³/mol. The molecule has 0 N–H and O–H groups in total. The van der Waals surface area contributed by atoms with Crippen molar-refractivity contribution in [1.82, 2.24) is 4.98 Å². The molecular weight excluding hydrogens is 250 g/mol. The van der Waals surface area contributed by atoms with Crippen LogP contribution >= 0.6 is 0 Å². The maximum atomic E-state index is 10.8. The lowest BCUT2D eigenvalue weighted by Crippen LogP contribution is -2.04. The van der Waals surface area contributed by atoms with Crippen molar-refractivity contribution in [3.05, 3.63) is 41.6 Å². The Hall–Kier alpha value is -1.74. The van der Waals surface area contributed by atoms with Crippen LogP contribution in [0.1, 0.15) is 41.2 Å². The van der Waals surface area contributed by atoms with E-state index in [0.29, 0.717) is 17.4 Å². The Labute approximate surface area is 119 Å². The highest BCUT2D eigenvalue weighted by Gasteiger charge is 2.26. The first-order chi connectivity index (χ1) is 9.80. The number of fused-ring (bicyclic) bond motifs is 1. The van der Waals surface area contributed by atoms with Crippen molar-refractivity contribution in [2.24, 2.45) is 5.92 Å². The van der Waals surface area contributed by atoms with Crippen molar-refractivity contribution in [2.75, 3.05) is 13.7 Å². The van der Waals surface area contributed by atoms with E-state index < -0.39 is 0 Å². The number of ether oxygens (including phenoxy) is 1. The van der Waals surface area contributed by atoms with Gasteiger partial charge in [-0.3, -0.25) is 9.78 Å². The molecule has 2 aromatic rings. The molecule has 0 spiro atoms. The van der Waals surface area contributed by atoms with E-state index in [9.17, 15) is 4.79 Å². The number of aldehydes is 1. The van der Waals surface area contributed by atoms with E-state index in [1.54, 1.807) is 7.11 Å². The van der Waals surface area contributed by atoms with E-state index in [1.165, 1.54) is 25.0 Å². The third kappa shape index (κ3) is 2.59. The highest BCUT2D eigenvalue weighted by atomic mass is 16.5. The maximum absolute atomic E-state index is 10.8. The number of pyridine rings is 1. The molecule has 2 atom stereocenters. The van der Waals surface area contributed by atoms with Gasteiger partial charge in [0, 0.05) is 36.3 Å². The average molecular weight is 269 g/mol. The minimum atomic E-state index is 0.547. The van der Waals surface area contributed by atoms with E-state index in [-0.39, 0.29) is 0 Å². The van der Waals surface area contributed by atoms with Gasteiger partial charge in [0.25, 0.3) is 0 Å². The molecule has 1 aliphatic carbocycles. The number of carbonyl (C=O) groups excluding carboxylic acids is 1. The summed E-state index contributed by atoms with van der Waals surface area (Å²) in [4.78, 5) is 15.6. The van der Waals surface area contributed by atoms with Crippen molar-refractivity contribution >= 4 is 17.2 Å². The van der Waals surface area contributed by atoms with Gasteiger partial charge in [0.05, 0.1) is 5.52 Å². The summed E-state index contributed by atoms with van der Waals surface area (Å²) in [5, 5.41) is 1.03. The second-order valence-corrected chi connectivity index (χ2v) is 5.64. The number of nitrogens with zero attached hydrogens (tertiary/aromatic N) is 1. The third-order valence-electron chi connectivity index (χ3n) is 4.23. The van der Waals surface area contributed by atoms with Crippen molar-refractivity contribution in [3.63, 3.8) is 0 Å². The number of hydrogen-bond donors (Lipinski definition) is 0. The van der Waals surface area contributed by atoms with Crippen molar-refractivity contribution in [3.8, 4) is 0 Å². The summed E-state index contributed by atoms with van der Waals surface area (Å²) in [5.74, 6) is 1.21. The van der Waals surface area contributed by atoms with Gasteiger partial charge in [-0.05, 0) is 49.4 Å². The van der Waals surface area contributed by atoms with Gasteiger partial charge >= 0.3 is 0 Å². The molecule has 0 unspecified atom stereocenters. The molecule has 3 nitrogen and oxygen atoms in total. The zero-order valence-electron chi connectivity index (χ0n) is 11.7. The minimum absolute atomic E-state index is 0.547. The number of carbonyl (C=O) groups is 1. The van der Waals surface area contributed by atoms with E-state index in [4.69, 9.17) is 9.72 Å². The highest BCUT2D eigenvalue weighted by molar-refractivity contribution is 5.86. The summed E-state index contributed by atoms with van der Waals surface area (Å²) in [6, 6.07) is 9.84. The monoisotopic (exact) mass is 269 g/mol. The van der Waals surface area contributed by atoms with Gasteiger partial charge in [-0.2, -0.15) is 0 Å². The van der Waals surface area contributed by atoms with Gasteiger partial charge in [-0.25, -0.2) is 0 Å². The fourth-order valence-electron chi connectivity index (χ4n) is 3.19. The van der Waals surface area contributed by atoms with E-state index in [2.05, 4.69) is 12.1 Å². The Kier molecular flexibility index (Phi) is 3.79. The Balaban J connectivity index is 1.84. The van der Waals surface area contributed by atoms with Gasteiger partial charge in [0.15, 0.2) is 0 Å². The molecule has 0 radical (unpaired) electrons. The number of hydrogen-bond acceptors (Lipinski definition) is 3. The van der Waals surface area contributed by atoms with Crippen LogP contribution in [0.3, 0.4) is 0 Å². The molecule has 1 aromatic carbocycles. The third-order valence-corrected chi connectivity index (χ3v) is 4.23. The lowest BCUT2D eigenvalue weighted by Gasteiger charge is -2.11. The quantitative estimate of drug-likeness (QED) is 0.796. The topological polar surface area (TPSA) is 39.2 Å². The molecule has 0 bridgehead atoms. The Morgan fingerprint density at radius 2 is 2.20 bits per heavy atom. The normalized spacial score (nSPS) is 22.2. The zero-order valence-corrected chi connectivity index (χ0v) is 11.7. The Morgan fingerprint density at radius 1 is 1.30 bits per heavy atom. The number of methoxy groups -OCH3 is 1. The Bertz CT molecular complexity index is 623. The molecule has 1 aromatic heterocycles. The smallest absolute Gasteiger partial charge is 0.150 e. The molecule has 3 rings (SSSR count). The first-order valence-electron chi connectivity index (χ1n) is 7.15. The maximum Gasteiger partial charge on any atom is 0.150 e. The molecule has 1 fully saturated rings. The number of benzene rings is 1. The van der Waals surface area contributed by atoms with Crippen LogP contribution < -0.4 is 0 Å². The van der Waals surface area contributed by atoms with Gasteiger partial charge < -0.3 is 4.74 Å². The fraction of sp³-hybridized carbons (Fsp3) is 0.412. The first kappa shape index (κ1) is 13.3. The van der Waals surface area contributed by atoms with E-state index in [0.717, 1.165) is 23.8 Å². The molecule has 0 saturated heterocycles. The fourth-order valence-corrected chi connectivity index (χ4v) is 3.19. The van der Waals surface area contributed by atoms with Gasteiger partial charge in [-0.1, -0.05) is 6.07 Å². The van der Waals surface area contributed by atoms with Crippen molar-refractivity contribution in [1.29, 1.82) is 0 Å². The molecule has 20 heavy (non-hydrogen) atoms. The minimum Gasteiger partial charge on any atom is -0.384 e. The SMILES string of the molecule is COC[C@@H]1CC[C@@H](c2ccc3cc(C=O)ccc3n2)C1. The molecule has 104 valence electrons. The number of aromatic nitrogens is 1. The van der Waals surface area contributed by atoms with Gasteiger partial charge in [-0.15, -0.1) is 0 Å². The summed E-state index contributed by atoms with van der Waals surface area (Å²) in [6.07, 6.45) is 4.46. The van der Waals surface area contributed by atoms with Crippen LogP contribution in [0.25, 0.3) is 10.9 Å². The molecule has 0 amide bonds. The molecule has 1 aliphatic rings. The van der Waals surface area contributed by atoms with Crippen LogP contribution in [-0.4, -0.2) is 25.0 Å². The van der Waals surface area contributed by atoms with Crippen LogP contribution in [0.4, 0.5) is 0 Å². The standard InChI is InChI=1S/C17H19NO2/c1-20-11-13-2-4-14(9-13)17-7-5-15-8-12(10-19)3-6-16(15)18-17/h3,5-8,10,13-14H,2,4,9,11H2,1H3/t13-,14-/m1/s1. The summed E-state index contributed by atoms with van der Waals surface area (Å²) in [6.45, 7) is 0.854. The molecule has 1 heterocycles. The summed E-state index contributed by atoms with van der Waals surface area (Å²) in [5.41, 5.74) is 2.85. The van der Waals surface area contributed by atoms with Crippen LogP contribution in [-0.2, 0) is 4.74 Å². The molecule has 3 heteroatoms. The summed E-state index contributed by atoms with van der Waals surface area (Å²) < 4.78 is 5.25. The lowest BCUT2D eigenvalue weighted by atomic mass is 10.00. The van der Waals surface area contributed by atoms with Crippen molar-refractivity contribution in [2.45, 2.75) is 25.2 Å². The zero-order chi connectivity index (χ0) is 13.9. The summed E-state index contributed by atoms with van der Waals surface area (Å²) >= 11 is 0. The second-order valence-electron chi connectivity index (χ2n) is 5.64. The average Bonchev–Trinajstić information content (AvgIpc) is 2.95. The second kappa shape index (κ2) is 5.71. The van der Waals surface area contributed by atoms with Crippen LogP contribution in [0.2, 0.25) is 0 Å². The van der Waals surface area contributed by atoms with E-state index in [1.807, 2.05) is 18.2 Å². The van der Waals surface area contributed by atoms with Gasteiger partial charge in [0.1, 0.15) is 6.29 Å². The van der Waals surface area contributed by atoms with Crippen LogP contribution in [0.5, 0.6) is 0 Å². The highest BCUT2D eigenvalue weighted by Crippen LogP contribution is 2.37. The first-order valence-corrected chi connectivity index (χ1v) is 7.15. The van der Waals surface area contributed by atoms with Crippen LogP contribution in [0.15, 0.2) is 30.3 Å². The van der Waals surface area contributed by atoms with Gasteiger partial charge in [0.2, 0.25) is 0 Å². The molecule has 0 aliphatic heterocycles. The Morgan fingerprint density at radius 3 is 3.00 bits per heavy atom. The summed E-state index contributed by atoms with van der Waals surface area (Å²) in [7, 11) is 1.77. The van der Waals surface area contributed by atoms with Crippen molar-refractivity contribution < 1.29 is 9.53 Å². The predicted octanol–water partition coefficient (Wildman–Crippen LogP) is 3.58. The molecular formula is C17H19NO2. The lowest BCUT2D eigenvalue weighted by molar-refractivity contribution is 0.112. The van der Waals surface area contributed by atoms with E-state index >= 15 is 0 Å². The van der Waals surface area contributed by atoms with Crippen LogP contribution in [0, 0.1) is 5.92 Å². The largest absolute Gasteiger partial charge is 0.384 e. The molecule has 1 saturated carbocycles. The number of rotatable bonds is 4.